The fourth-order valence-electron chi connectivity index (χ4n) is 0.710. The molecule has 0 amide bonds. The summed E-state index contributed by atoms with van der Waals surface area (Å²) in [6, 6.07) is 9.68. The number of carbonyl (C=O) groups excluding carboxylic acids is 1. The van der Waals surface area contributed by atoms with Crippen molar-refractivity contribution in [1.82, 2.24) is 0 Å². The molecule has 0 radical (unpaired) electrons. The predicted molar refractivity (Wildman–Crippen MR) is 36.2 cm³/mol. The van der Waals surface area contributed by atoms with E-state index in [-0.39, 0.29) is 21.1 Å². The summed E-state index contributed by atoms with van der Waals surface area (Å²) in [6.45, 7) is 0. The first-order valence-electron chi connectivity index (χ1n) is 2.91. The smallest absolute Gasteiger partial charge is 0.124 e. The van der Waals surface area contributed by atoms with E-state index in [1.807, 2.05) is 30.3 Å². The van der Waals surface area contributed by atoms with Crippen molar-refractivity contribution in [3.8, 4) is 0 Å². The largest absolute Gasteiger partial charge is 0.303 e. The van der Waals surface area contributed by atoms with E-state index in [2.05, 4.69) is 0 Å². The van der Waals surface area contributed by atoms with E-state index < -0.39 is 0 Å². The molecule has 0 saturated carbocycles. The summed E-state index contributed by atoms with van der Waals surface area (Å²) in [6.07, 6.45) is 1.44. The molecular weight excluding hydrogens is 208 g/mol. The summed E-state index contributed by atoms with van der Waals surface area (Å²) in [4.78, 5) is 9.97. The van der Waals surface area contributed by atoms with Crippen LogP contribution in [-0.4, -0.2) is 6.29 Å². The Bertz CT molecular complexity index is 184. The Morgan fingerprint density at radius 3 is 2.30 bits per heavy atom. The van der Waals surface area contributed by atoms with Crippen LogP contribution in [0.4, 0.5) is 0 Å². The summed E-state index contributed by atoms with van der Waals surface area (Å²) in [5.41, 5.74) is 1.08. The van der Waals surface area contributed by atoms with Gasteiger partial charge in [-0.2, -0.15) is 0 Å². The zero-order valence-corrected chi connectivity index (χ0v) is 7.49. The van der Waals surface area contributed by atoms with Gasteiger partial charge in [0, 0.05) is 27.5 Å². The molecule has 0 atom stereocenters. The molecular formula is C8H8MoO. The number of carbonyl (C=O) groups is 1. The molecule has 1 rings (SSSR count). The number of rotatable bonds is 2. The van der Waals surface area contributed by atoms with Gasteiger partial charge in [0.15, 0.2) is 0 Å². The monoisotopic (exact) mass is 218 g/mol. The third kappa shape index (κ3) is 2.93. The third-order valence-electron chi connectivity index (χ3n) is 1.16. The molecule has 10 heavy (non-hydrogen) atoms. The average Bonchev–Trinajstić information content (AvgIpc) is 1.91. The maximum Gasteiger partial charge on any atom is 0.124 e. The number of aldehydes is 1. The summed E-state index contributed by atoms with van der Waals surface area (Å²) in [5, 5.41) is 0. The molecule has 1 aromatic carbocycles. The Hall–Kier alpha value is -0.422. The molecule has 0 fully saturated rings. The van der Waals surface area contributed by atoms with Crippen LogP contribution in [0.1, 0.15) is 5.56 Å². The Morgan fingerprint density at radius 2 is 1.80 bits per heavy atom. The van der Waals surface area contributed by atoms with Crippen LogP contribution in [-0.2, 0) is 32.3 Å². The van der Waals surface area contributed by atoms with Gasteiger partial charge in [-0.25, -0.2) is 0 Å². The average molecular weight is 216 g/mol. The summed E-state index contributed by atoms with van der Waals surface area (Å²) < 4.78 is 0. The Morgan fingerprint density at radius 1 is 1.20 bits per heavy atom. The number of benzene rings is 1. The number of hydrogen-bond acceptors (Lipinski definition) is 1. The van der Waals surface area contributed by atoms with Crippen molar-refractivity contribution in [2.45, 2.75) is 6.42 Å². The molecule has 0 saturated heterocycles. The van der Waals surface area contributed by atoms with Gasteiger partial charge in [-0.1, -0.05) is 30.3 Å². The van der Waals surface area contributed by atoms with E-state index in [0.29, 0.717) is 6.42 Å². The zero-order valence-electron chi connectivity index (χ0n) is 5.49. The third-order valence-corrected chi connectivity index (χ3v) is 1.16. The summed E-state index contributed by atoms with van der Waals surface area (Å²) in [7, 11) is 0. The van der Waals surface area contributed by atoms with Crippen LogP contribution < -0.4 is 0 Å². The second-order valence-electron chi connectivity index (χ2n) is 1.86. The fraction of sp³-hybridized carbons (Fsp3) is 0.125. The Labute approximate surface area is 74.7 Å². The molecule has 1 nitrogen and oxygen atoms in total. The number of hydrogen-bond donors (Lipinski definition) is 0. The first kappa shape index (κ1) is 9.58. The van der Waals surface area contributed by atoms with E-state index in [4.69, 9.17) is 0 Å². The molecule has 0 aliphatic carbocycles. The molecule has 2 heteroatoms. The second kappa shape index (κ2) is 5.37. The SMILES string of the molecule is O=CCc1ccccc1.[Mo]. The maximum absolute atomic E-state index is 9.97. The minimum absolute atomic E-state index is 0. The molecule has 0 spiro atoms. The van der Waals surface area contributed by atoms with Gasteiger partial charge in [0.2, 0.25) is 0 Å². The molecule has 0 N–H and O–H groups in total. The van der Waals surface area contributed by atoms with Crippen molar-refractivity contribution in [2.75, 3.05) is 0 Å². The van der Waals surface area contributed by atoms with Crippen LogP contribution in [0.3, 0.4) is 0 Å². The minimum Gasteiger partial charge on any atom is -0.303 e. The normalized spacial score (nSPS) is 8.00. The Balaban J connectivity index is 0.000000810. The fourth-order valence-corrected chi connectivity index (χ4v) is 0.710. The summed E-state index contributed by atoms with van der Waals surface area (Å²) >= 11 is 0. The van der Waals surface area contributed by atoms with Crippen LogP contribution in [0.5, 0.6) is 0 Å². The maximum atomic E-state index is 9.97. The summed E-state index contributed by atoms with van der Waals surface area (Å²) in [5.74, 6) is 0. The first-order valence-corrected chi connectivity index (χ1v) is 2.91. The molecule has 0 aliphatic rings. The minimum atomic E-state index is 0. The molecule has 0 bridgehead atoms. The van der Waals surface area contributed by atoms with Crippen molar-refractivity contribution in [3.63, 3.8) is 0 Å². The van der Waals surface area contributed by atoms with Crippen molar-refractivity contribution in [2.24, 2.45) is 0 Å². The van der Waals surface area contributed by atoms with Gasteiger partial charge < -0.3 is 4.79 Å². The van der Waals surface area contributed by atoms with Crippen molar-refractivity contribution < 1.29 is 25.9 Å². The van der Waals surface area contributed by atoms with E-state index in [0.717, 1.165) is 11.8 Å². The van der Waals surface area contributed by atoms with Gasteiger partial charge in [-0.15, -0.1) is 0 Å². The standard InChI is InChI=1S/C8H8O.Mo/c9-7-6-8-4-2-1-3-5-8;/h1-5,7H,6H2;. The quantitative estimate of drug-likeness (QED) is 0.539. The molecule has 0 aliphatic heterocycles. The van der Waals surface area contributed by atoms with Crippen LogP contribution in [0.25, 0.3) is 0 Å². The van der Waals surface area contributed by atoms with Crippen LogP contribution in [0.2, 0.25) is 0 Å². The van der Waals surface area contributed by atoms with Crippen LogP contribution in [0, 0.1) is 0 Å². The van der Waals surface area contributed by atoms with E-state index in [9.17, 15) is 4.79 Å². The van der Waals surface area contributed by atoms with Crippen molar-refractivity contribution in [3.05, 3.63) is 35.9 Å². The van der Waals surface area contributed by atoms with Gasteiger partial charge >= 0.3 is 0 Å². The van der Waals surface area contributed by atoms with Gasteiger partial charge in [-0.3, -0.25) is 0 Å². The topological polar surface area (TPSA) is 17.1 Å². The molecule has 52 valence electrons. The molecule has 1 aromatic rings. The van der Waals surface area contributed by atoms with Crippen molar-refractivity contribution >= 4 is 6.29 Å². The predicted octanol–water partition coefficient (Wildman–Crippen LogP) is 1.43. The van der Waals surface area contributed by atoms with E-state index in [1.165, 1.54) is 0 Å². The van der Waals surface area contributed by atoms with Crippen LogP contribution >= 0.6 is 0 Å². The van der Waals surface area contributed by atoms with Gasteiger partial charge in [0.1, 0.15) is 6.29 Å². The van der Waals surface area contributed by atoms with Gasteiger partial charge in [-0.05, 0) is 5.56 Å². The van der Waals surface area contributed by atoms with E-state index >= 15 is 0 Å². The van der Waals surface area contributed by atoms with Gasteiger partial charge in [0.25, 0.3) is 0 Å². The first-order chi connectivity index (χ1) is 4.43. The second-order valence-corrected chi connectivity index (χ2v) is 1.86. The molecule has 0 aromatic heterocycles. The zero-order chi connectivity index (χ0) is 6.53. The van der Waals surface area contributed by atoms with E-state index in [1.54, 1.807) is 0 Å². The van der Waals surface area contributed by atoms with Gasteiger partial charge in [0.05, 0.1) is 0 Å². The van der Waals surface area contributed by atoms with Crippen molar-refractivity contribution in [1.29, 1.82) is 0 Å². The molecule has 0 heterocycles. The molecule has 0 unspecified atom stereocenters. The Kier molecular flexibility index (Phi) is 5.14. The van der Waals surface area contributed by atoms with Crippen LogP contribution in [0.15, 0.2) is 30.3 Å².